The molecule has 4 nitrogen and oxygen atoms in total. The Hall–Kier alpha value is -2.53. The Labute approximate surface area is 200 Å². The average molecular weight is 461 g/mol. The molecule has 4 atom stereocenters. The van der Waals surface area contributed by atoms with Crippen LogP contribution >= 0.6 is 0 Å². The van der Waals surface area contributed by atoms with Crippen molar-refractivity contribution in [1.82, 2.24) is 9.88 Å². The number of likely N-dealkylation sites (tertiary alicyclic amines) is 1. The topological polar surface area (TPSA) is 53.4 Å². The second kappa shape index (κ2) is 8.30. The van der Waals surface area contributed by atoms with Crippen LogP contribution in [0.2, 0.25) is 0 Å². The van der Waals surface area contributed by atoms with E-state index < -0.39 is 0 Å². The summed E-state index contributed by atoms with van der Waals surface area (Å²) >= 11 is 0. The van der Waals surface area contributed by atoms with E-state index >= 15 is 0 Å². The second-order valence-electron chi connectivity index (χ2n) is 11.1. The zero-order valence-electron chi connectivity index (χ0n) is 19.8. The Morgan fingerprint density at radius 1 is 1.15 bits per heavy atom. The minimum atomic E-state index is -0.274. The van der Waals surface area contributed by atoms with Crippen LogP contribution in [-0.4, -0.2) is 40.1 Å². The van der Waals surface area contributed by atoms with Crippen LogP contribution in [0, 0.1) is 23.1 Å². The first-order chi connectivity index (χ1) is 16.4. The van der Waals surface area contributed by atoms with E-state index in [2.05, 4.69) is 30.1 Å². The number of halogens is 1. The molecule has 5 heteroatoms. The Morgan fingerprint density at radius 2 is 1.97 bits per heavy atom. The van der Waals surface area contributed by atoms with Crippen molar-refractivity contribution in [3.8, 4) is 0 Å². The number of allylic oxidation sites excluding steroid dienone is 2. The molecular formula is C29H33FN2O2. The number of fused-ring (bicyclic) bond motifs is 5. The molecule has 34 heavy (non-hydrogen) atoms. The number of rotatable bonds is 2. The molecule has 0 spiro atoms. The molecule has 0 radical (unpaired) electrons. The number of aromatic nitrogens is 1. The Balaban J connectivity index is 1.23. The van der Waals surface area contributed by atoms with E-state index in [4.69, 9.17) is 0 Å². The van der Waals surface area contributed by atoms with Gasteiger partial charge >= 0.3 is 0 Å². The lowest BCUT2D eigenvalue weighted by molar-refractivity contribution is 0.0546. The molecule has 6 rings (SSSR count). The van der Waals surface area contributed by atoms with Gasteiger partial charge in [0.15, 0.2) is 0 Å². The number of nitrogens with zero attached hydrogens (tertiary/aromatic N) is 2. The zero-order valence-corrected chi connectivity index (χ0v) is 19.8. The highest BCUT2D eigenvalue weighted by atomic mass is 19.1. The van der Waals surface area contributed by atoms with Gasteiger partial charge in [-0.05, 0) is 109 Å². The number of carbonyl (C=O) groups excluding carboxylic acids is 1. The number of aryl methyl sites for hydroxylation is 1. The normalized spacial score (nSPS) is 30.9. The van der Waals surface area contributed by atoms with Crippen molar-refractivity contribution >= 4 is 11.5 Å². The third-order valence-corrected chi connectivity index (χ3v) is 9.32. The van der Waals surface area contributed by atoms with E-state index in [0.29, 0.717) is 43.7 Å². The molecule has 1 aliphatic heterocycles. The van der Waals surface area contributed by atoms with E-state index in [1.54, 1.807) is 6.07 Å². The Kier molecular flexibility index (Phi) is 5.36. The highest BCUT2D eigenvalue weighted by Crippen LogP contribution is 2.63. The van der Waals surface area contributed by atoms with E-state index in [0.717, 1.165) is 43.2 Å². The number of carbonyl (C=O) groups is 1. The summed E-state index contributed by atoms with van der Waals surface area (Å²) in [6, 6.07) is 8.03. The predicted molar refractivity (Wildman–Crippen MR) is 130 cm³/mol. The molecule has 4 unspecified atom stereocenters. The third kappa shape index (κ3) is 3.51. The van der Waals surface area contributed by atoms with Gasteiger partial charge in [0.05, 0.1) is 12.3 Å². The van der Waals surface area contributed by atoms with Gasteiger partial charge in [0.25, 0.3) is 5.91 Å². The summed E-state index contributed by atoms with van der Waals surface area (Å²) in [7, 11) is 0. The van der Waals surface area contributed by atoms with E-state index in [1.807, 2.05) is 17.2 Å². The van der Waals surface area contributed by atoms with Crippen LogP contribution in [0.4, 0.5) is 4.39 Å². The summed E-state index contributed by atoms with van der Waals surface area (Å²) in [5.74, 6) is 1.55. The van der Waals surface area contributed by atoms with Gasteiger partial charge in [-0.1, -0.05) is 19.1 Å². The standard InChI is InChI=1S/C29H33FN2O2/c1-29-11-8-24-23-4-3-19(28(34)32-12-9-22(33)10-13-32)14-18(23)2-5-25(24)27(29)7-6-26(29)20-15-21(30)17-31-16-20/h3-4,6,14-17,22,24-25,27,33H,2,5,7-13H2,1H3. The molecule has 1 N–H and O–H groups in total. The van der Waals surface area contributed by atoms with Gasteiger partial charge in [0, 0.05) is 24.8 Å². The minimum Gasteiger partial charge on any atom is -0.393 e. The summed E-state index contributed by atoms with van der Waals surface area (Å²) in [5, 5.41) is 9.76. The van der Waals surface area contributed by atoms with Crippen LogP contribution in [0.25, 0.3) is 5.57 Å². The molecule has 4 aliphatic rings. The zero-order chi connectivity index (χ0) is 23.4. The molecular weight excluding hydrogens is 427 g/mol. The third-order valence-electron chi connectivity index (χ3n) is 9.32. The first kappa shape index (κ1) is 22.0. The van der Waals surface area contributed by atoms with Gasteiger partial charge in [-0.25, -0.2) is 4.39 Å². The second-order valence-corrected chi connectivity index (χ2v) is 11.1. The van der Waals surface area contributed by atoms with E-state index in [1.165, 1.54) is 22.9 Å². The molecule has 1 amide bonds. The van der Waals surface area contributed by atoms with Crippen LogP contribution in [-0.2, 0) is 6.42 Å². The molecule has 2 heterocycles. The number of benzene rings is 1. The summed E-state index contributed by atoms with van der Waals surface area (Å²) in [6.07, 6.45) is 11.9. The lowest BCUT2D eigenvalue weighted by Crippen LogP contribution is -2.41. The summed E-state index contributed by atoms with van der Waals surface area (Å²) in [5.41, 5.74) is 5.85. The van der Waals surface area contributed by atoms with Crippen molar-refractivity contribution in [2.75, 3.05) is 13.1 Å². The molecule has 1 aromatic heterocycles. The lowest BCUT2D eigenvalue weighted by atomic mass is 9.54. The minimum absolute atomic E-state index is 0.0723. The molecule has 2 fully saturated rings. The number of aliphatic hydroxyl groups excluding tert-OH is 1. The molecule has 1 saturated carbocycles. The Morgan fingerprint density at radius 3 is 2.76 bits per heavy atom. The largest absolute Gasteiger partial charge is 0.393 e. The summed E-state index contributed by atoms with van der Waals surface area (Å²) < 4.78 is 13.9. The maximum Gasteiger partial charge on any atom is 0.253 e. The number of pyridine rings is 1. The maximum absolute atomic E-state index is 13.9. The van der Waals surface area contributed by atoms with Gasteiger partial charge in [0.2, 0.25) is 0 Å². The molecule has 178 valence electrons. The van der Waals surface area contributed by atoms with Crippen molar-refractivity contribution in [3.63, 3.8) is 0 Å². The van der Waals surface area contributed by atoms with Gasteiger partial charge in [0.1, 0.15) is 5.82 Å². The summed E-state index contributed by atoms with van der Waals surface area (Å²) in [4.78, 5) is 19.1. The quantitative estimate of drug-likeness (QED) is 0.656. The number of amides is 1. The van der Waals surface area contributed by atoms with Crippen LogP contribution in [0.1, 0.15) is 78.4 Å². The fourth-order valence-electron chi connectivity index (χ4n) is 7.54. The maximum atomic E-state index is 13.9. The number of piperidine rings is 1. The molecule has 2 aromatic rings. The summed E-state index contributed by atoms with van der Waals surface area (Å²) in [6.45, 7) is 3.65. The smallest absolute Gasteiger partial charge is 0.253 e. The van der Waals surface area contributed by atoms with Crippen molar-refractivity contribution in [3.05, 3.63) is 70.8 Å². The number of hydrogen-bond acceptors (Lipinski definition) is 3. The lowest BCUT2D eigenvalue weighted by Gasteiger charge is -2.50. The van der Waals surface area contributed by atoms with Gasteiger partial charge < -0.3 is 10.0 Å². The van der Waals surface area contributed by atoms with Crippen LogP contribution in [0.15, 0.2) is 42.7 Å². The first-order valence-corrected chi connectivity index (χ1v) is 12.9. The molecule has 1 aromatic carbocycles. The Bertz CT molecular complexity index is 1150. The number of hydrogen-bond donors (Lipinski definition) is 1. The van der Waals surface area contributed by atoms with Gasteiger partial charge in [-0.2, -0.15) is 0 Å². The van der Waals surface area contributed by atoms with Crippen LogP contribution in [0.3, 0.4) is 0 Å². The van der Waals surface area contributed by atoms with Gasteiger partial charge in [-0.15, -0.1) is 0 Å². The van der Waals surface area contributed by atoms with Crippen molar-refractivity contribution in [1.29, 1.82) is 0 Å². The van der Waals surface area contributed by atoms with Crippen molar-refractivity contribution in [2.24, 2.45) is 17.3 Å². The fraction of sp³-hybridized carbons (Fsp3) is 0.517. The molecule has 3 aliphatic carbocycles. The average Bonchev–Trinajstić information content (AvgIpc) is 3.21. The highest BCUT2D eigenvalue weighted by Gasteiger charge is 2.52. The van der Waals surface area contributed by atoms with Crippen molar-refractivity contribution < 1.29 is 14.3 Å². The first-order valence-electron chi connectivity index (χ1n) is 12.9. The van der Waals surface area contributed by atoms with Crippen LogP contribution in [0.5, 0.6) is 0 Å². The predicted octanol–water partition coefficient (Wildman–Crippen LogP) is 5.37. The fourth-order valence-corrected chi connectivity index (χ4v) is 7.54. The monoisotopic (exact) mass is 460 g/mol. The van der Waals surface area contributed by atoms with Gasteiger partial charge in [-0.3, -0.25) is 9.78 Å². The van der Waals surface area contributed by atoms with E-state index in [9.17, 15) is 14.3 Å². The SMILES string of the molecule is CC12CCC3c4ccc(C(=O)N5CCC(O)CC5)cc4CCC3C1CC=C2c1cncc(F)c1. The van der Waals surface area contributed by atoms with E-state index in [-0.39, 0.29) is 23.2 Å². The molecule has 1 saturated heterocycles. The highest BCUT2D eigenvalue weighted by molar-refractivity contribution is 5.94. The number of aliphatic hydroxyl groups is 1. The van der Waals surface area contributed by atoms with Crippen LogP contribution < -0.4 is 0 Å². The van der Waals surface area contributed by atoms with Crippen molar-refractivity contribution in [2.45, 2.75) is 63.9 Å². The molecule has 0 bridgehead atoms.